The fourth-order valence-corrected chi connectivity index (χ4v) is 3.11. The molecule has 0 heterocycles. The highest BCUT2D eigenvalue weighted by Gasteiger charge is 2.14. The summed E-state index contributed by atoms with van der Waals surface area (Å²) in [7, 11) is -0.921. The van der Waals surface area contributed by atoms with Crippen LogP contribution in [0, 0.1) is 6.92 Å². The fourth-order valence-electron chi connectivity index (χ4n) is 1.85. The zero-order valence-corrected chi connectivity index (χ0v) is 10.7. The van der Waals surface area contributed by atoms with Crippen LogP contribution < -0.4 is 0 Å². The summed E-state index contributed by atoms with van der Waals surface area (Å²) in [6.45, 7) is 6.02. The third-order valence-electron chi connectivity index (χ3n) is 2.71. The van der Waals surface area contributed by atoms with Gasteiger partial charge in [0.25, 0.3) is 0 Å². The lowest BCUT2D eigenvalue weighted by atomic mass is 10.1. The third-order valence-corrected chi connectivity index (χ3v) is 4.51. The lowest BCUT2D eigenvalue weighted by Crippen LogP contribution is -2.07. The van der Waals surface area contributed by atoms with E-state index in [4.69, 9.17) is 0 Å². The average molecular weight is 232 g/mol. The van der Waals surface area contributed by atoms with Crippen molar-refractivity contribution in [3.63, 3.8) is 0 Å². The third kappa shape index (κ3) is 1.90. The van der Waals surface area contributed by atoms with Crippen LogP contribution in [0.4, 0.5) is 0 Å². The summed E-state index contributed by atoms with van der Waals surface area (Å²) in [5.41, 5.74) is 1.12. The first kappa shape index (κ1) is 11.3. The molecule has 0 aliphatic heterocycles. The summed E-state index contributed by atoms with van der Waals surface area (Å²) < 4.78 is 12.3. The molecule has 1 atom stereocenters. The van der Waals surface area contributed by atoms with Crippen molar-refractivity contribution in [3.05, 3.63) is 42.0 Å². The lowest BCUT2D eigenvalue weighted by molar-refractivity contribution is 0.677. The molecule has 0 N–H and O–H groups in total. The van der Waals surface area contributed by atoms with Crippen molar-refractivity contribution in [1.82, 2.24) is 0 Å². The van der Waals surface area contributed by atoms with E-state index in [0.717, 1.165) is 21.2 Å². The van der Waals surface area contributed by atoms with E-state index in [9.17, 15) is 4.21 Å². The minimum Gasteiger partial charge on any atom is -0.254 e. The van der Waals surface area contributed by atoms with Gasteiger partial charge in [0.15, 0.2) is 0 Å². The van der Waals surface area contributed by atoms with Crippen LogP contribution in [0.15, 0.2) is 41.3 Å². The molecule has 0 fully saturated rings. The molecule has 0 spiro atoms. The Bertz CT molecular complexity index is 543. The number of hydrogen-bond donors (Lipinski definition) is 0. The molecule has 2 rings (SSSR count). The minimum absolute atomic E-state index is 0.157. The van der Waals surface area contributed by atoms with E-state index in [1.807, 2.05) is 32.9 Å². The largest absolute Gasteiger partial charge is 0.254 e. The first-order chi connectivity index (χ1) is 7.61. The van der Waals surface area contributed by atoms with Crippen molar-refractivity contribution in [3.8, 4) is 0 Å². The van der Waals surface area contributed by atoms with Gasteiger partial charge in [0.05, 0.1) is 10.8 Å². The molecular weight excluding hydrogens is 216 g/mol. The Morgan fingerprint density at radius 2 is 1.75 bits per heavy atom. The Kier molecular flexibility index (Phi) is 3.10. The zero-order valence-electron chi connectivity index (χ0n) is 9.86. The van der Waals surface area contributed by atoms with Crippen LogP contribution >= 0.6 is 0 Å². The van der Waals surface area contributed by atoms with Crippen molar-refractivity contribution < 1.29 is 4.21 Å². The molecule has 0 aromatic heterocycles. The molecular formula is C14H16OS. The van der Waals surface area contributed by atoms with Gasteiger partial charge in [0.1, 0.15) is 0 Å². The smallest absolute Gasteiger partial charge is 0.0564 e. The Balaban J connectivity index is 2.75. The predicted molar refractivity (Wildman–Crippen MR) is 70.2 cm³/mol. The molecule has 2 heteroatoms. The van der Waals surface area contributed by atoms with Crippen LogP contribution in [0.3, 0.4) is 0 Å². The van der Waals surface area contributed by atoms with Gasteiger partial charge in [-0.2, -0.15) is 0 Å². The average Bonchev–Trinajstić information content (AvgIpc) is 2.28. The number of rotatable bonds is 2. The van der Waals surface area contributed by atoms with Crippen molar-refractivity contribution in [2.75, 3.05) is 0 Å². The maximum Gasteiger partial charge on any atom is 0.0564 e. The quantitative estimate of drug-likeness (QED) is 0.772. The highest BCUT2D eigenvalue weighted by Crippen LogP contribution is 2.26. The van der Waals surface area contributed by atoms with Gasteiger partial charge in [-0.3, -0.25) is 4.21 Å². The van der Waals surface area contributed by atoms with Gasteiger partial charge in [0, 0.05) is 10.1 Å². The maximum absolute atomic E-state index is 12.3. The number of aryl methyl sites for hydroxylation is 1. The van der Waals surface area contributed by atoms with Crippen LogP contribution in [0.5, 0.6) is 0 Å². The molecule has 0 bridgehead atoms. The van der Waals surface area contributed by atoms with Gasteiger partial charge in [-0.05, 0) is 23.3 Å². The number of hydrogen-bond acceptors (Lipinski definition) is 1. The van der Waals surface area contributed by atoms with Gasteiger partial charge in [-0.1, -0.05) is 50.2 Å². The minimum atomic E-state index is -0.921. The summed E-state index contributed by atoms with van der Waals surface area (Å²) in [4.78, 5) is 0.994. The second-order valence-corrected chi connectivity index (χ2v) is 6.22. The predicted octanol–water partition coefficient (Wildman–Crippen LogP) is 3.66. The Labute approximate surface area is 98.9 Å². The molecule has 84 valence electrons. The van der Waals surface area contributed by atoms with Crippen LogP contribution in [0.25, 0.3) is 10.8 Å². The second kappa shape index (κ2) is 4.38. The van der Waals surface area contributed by atoms with Crippen LogP contribution in [0.2, 0.25) is 0 Å². The molecule has 0 saturated heterocycles. The van der Waals surface area contributed by atoms with E-state index in [-0.39, 0.29) is 5.25 Å². The fraction of sp³-hybridized carbons (Fsp3) is 0.286. The molecule has 1 unspecified atom stereocenters. The Morgan fingerprint density at radius 3 is 2.44 bits per heavy atom. The number of benzene rings is 2. The monoisotopic (exact) mass is 232 g/mol. The molecule has 0 aliphatic rings. The van der Waals surface area contributed by atoms with Crippen molar-refractivity contribution in [2.45, 2.75) is 30.9 Å². The maximum atomic E-state index is 12.3. The van der Waals surface area contributed by atoms with Gasteiger partial charge >= 0.3 is 0 Å². The normalized spacial score (nSPS) is 13.2. The Morgan fingerprint density at radius 1 is 1.06 bits per heavy atom. The topological polar surface area (TPSA) is 17.1 Å². The second-order valence-electron chi connectivity index (χ2n) is 4.28. The standard InChI is InChI=1S/C14H16OS/c1-10(2)16(15)14-11(3)8-9-12-6-4-5-7-13(12)14/h4-10H,1-3H3. The van der Waals surface area contributed by atoms with Gasteiger partial charge in [-0.25, -0.2) is 0 Å². The molecule has 0 amide bonds. The molecule has 2 aromatic rings. The SMILES string of the molecule is Cc1ccc2ccccc2c1S(=O)C(C)C. The first-order valence-corrected chi connectivity index (χ1v) is 6.71. The van der Waals surface area contributed by atoms with E-state index >= 15 is 0 Å². The van der Waals surface area contributed by atoms with E-state index in [1.165, 1.54) is 0 Å². The van der Waals surface area contributed by atoms with Crippen LogP contribution in [-0.4, -0.2) is 9.46 Å². The van der Waals surface area contributed by atoms with E-state index in [0.29, 0.717) is 0 Å². The summed E-state index contributed by atoms with van der Waals surface area (Å²) in [6, 6.07) is 12.3. The zero-order chi connectivity index (χ0) is 11.7. The van der Waals surface area contributed by atoms with E-state index < -0.39 is 10.8 Å². The first-order valence-electron chi connectivity index (χ1n) is 5.50. The number of fused-ring (bicyclic) bond motifs is 1. The van der Waals surface area contributed by atoms with Gasteiger partial charge in [-0.15, -0.1) is 0 Å². The molecule has 0 saturated carbocycles. The molecule has 0 radical (unpaired) electrons. The summed E-state index contributed by atoms with van der Waals surface area (Å²) in [5.74, 6) is 0. The van der Waals surface area contributed by atoms with Gasteiger partial charge in [0.2, 0.25) is 0 Å². The van der Waals surface area contributed by atoms with E-state index in [2.05, 4.69) is 24.3 Å². The Hall–Kier alpha value is -1.15. The van der Waals surface area contributed by atoms with Gasteiger partial charge < -0.3 is 0 Å². The molecule has 16 heavy (non-hydrogen) atoms. The van der Waals surface area contributed by atoms with Crippen molar-refractivity contribution >= 4 is 21.6 Å². The lowest BCUT2D eigenvalue weighted by Gasteiger charge is -2.12. The summed E-state index contributed by atoms with van der Waals surface area (Å²) in [6.07, 6.45) is 0. The van der Waals surface area contributed by atoms with E-state index in [1.54, 1.807) is 0 Å². The summed E-state index contributed by atoms with van der Waals surface area (Å²) >= 11 is 0. The van der Waals surface area contributed by atoms with Crippen LogP contribution in [0.1, 0.15) is 19.4 Å². The molecule has 0 aliphatic carbocycles. The van der Waals surface area contributed by atoms with Crippen molar-refractivity contribution in [2.24, 2.45) is 0 Å². The van der Waals surface area contributed by atoms with Crippen molar-refractivity contribution in [1.29, 1.82) is 0 Å². The molecule has 1 nitrogen and oxygen atoms in total. The summed E-state index contributed by atoms with van der Waals surface area (Å²) in [5, 5.41) is 2.44. The highest BCUT2D eigenvalue weighted by molar-refractivity contribution is 7.86. The highest BCUT2D eigenvalue weighted by atomic mass is 32.2. The molecule has 2 aromatic carbocycles. The van der Waals surface area contributed by atoms with Crippen LogP contribution in [-0.2, 0) is 10.8 Å².